The molecule has 3 aromatic rings. The van der Waals surface area contributed by atoms with Gasteiger partial charge < -0.3 is 9.30 Å². The third-order valence-corrected chi connectivity index (χ3v) is 5.79. The Morgan fingerprint density at radius 3 is 2.73 bits per heavy atom. The number of aromatic nitrogens is 1. The molecule has 0 saturated heterocycles. The van der Waals surface area contributed by atoms with Crippen molar-refractivity contribution >= 4 is 33.1 Å². The molecule has 8 nitrogen and oxygen atoms in total. The highest BCUT2D eigenvalue weighted by atomic mass is 32.2. The fourth-order valence-electron chi connectivity index (χ4n) is 3.06. The number of sulfonamides is 1. The molecule has 0 fully saturated rings. The maximum absolute atomic E-state index is 12.4. The monoisotopic (exact) mass is 424 g/mol. The summed E-state index contributed by atoms with van der Waals surface area (Å²) >= 11 is 0. The van der Waals surface area contributed by atoms with Crippen LogP contribution in [0.2, 0.25) is 0 Å². The average Bonchev–Trinajstić information content (AvgIpc) is 3.06. The first-order chi connectivity index (χ1) is 14.4. The first kappa shape index (κ1) is 21.1. The number of nitrogens with one attached hydrogen (secondary N) is 1. The second kappa shape index (κ2) is 8.80. The molecule has 0 aliphatic heterocycles. The first-order valence-electron chi connectivity index (χ1n) is 9.15. The van der Waals surface area contributed by atoms with Crippen molar-refractivity contribution in [1.29, 1.82) is 5.26 Å². The van der Waals surface area contributed by atoms with E-state index in [1.54, 1.807) is 60.9 Å². The van der Waals surface area contributed by atoms with Crippen LogP contribution < -0.4 is 4.83 Å². The van der Waals surface area contributed by atoms with Crippen molar-refractivity contribution in [3.8, 4) is 6.07 Å². The SMILES string of the molecule is CCOC(=O)c1cc2cc(/C=N/NS(=O)(=O)c3ccccc3C)ccc2n1CC#N. The summed E-state index contributed by atoms with van der Waals surface area (Å²) in [6.07, 6.45) is 1.38. The van der Waals surface area contributed by atoms with Gasteiger partial charge in [0.15, 0.2) is 0 Å². The van der Waals surface area contributed by atoms with Gasteiger partial charge in [0.2, 0.25) is 0 Å². The first-order valence-corrected chi connectivity index (χ1v) is 10.6. The number of aryl methyl sites for hydroxylation is 1. The Labute approximate surface area is 174 Å². The number of nitrogens with zero attached hydrogens (tertiary/aromatic N) is 3. The van der Waals surface area contributed by atoms with Gasteiger partial charge in [0.1, 0.15) is 12.2 Å². The number of nitriles is 1. The van der Waals surface area contributed by atoms with E-state index in [2.05, 4.69) is 9.93 Å². The highest BCUT2D eigenvalue weighted by Gasteiger charge is 2.17. The molecule has 9 heteroatoms. The zero-order valence-corrected chi connectivity index (χ0v) is 17.3. The highest BCUT2D eigenvalue weighted by molar-refractivity contribution is 7.89. The molecule has 0 unspecified atom stereocenters. The number of rotatable bonds is 7. The van der Waals surface area contributed by atoms with E-state index < -0.39 is 16.0 Å². The molecule has 0 amide bonds. The number of fused-ring (bicyclic) bond motifs is 1. The number of ether oxygens (including phenoxy) is 1. The molecule has 1 heterocycles. The van der Waals surface area contributed by atoms with E-state index >= 15 is 0 Å². The summed E-state index contributed by atoms with van der Waals surface area (Å²) in [6.45, 7) is 3.65. The van der Waals surface area contributed by atoms with Crippen molar-refractivity contribution in [2.45, 2.75) is 25.3 Å². The normalized spacial score (nSPS) is 11.5. The van der Waals surface area contributed by atoms with Crippen LogP contribution in [0.4, 0.5) is 0 Å². The predicted molar refractivity (Wildman–Crippen MR) is 113 cm³/mol. The molecular weight excluding hydrogens is 404 g/mol. The minimum atomic E-state index is -3.78. The molecular formula is C21H20N4O4S. The van der Waals surface area contributed by atoms with Crippen LogP contribution >= 0.6 is 0 Å². The van der Waals surface area contributed by atoms with Gasteiger partial charge in [0.25, 0.3) is 10.0 Å². The Balaban J connectivity index is 1.88. The summed E-state index contributed by atoms with van der Waals surface area (Å²) < 4.78 is 31.4. The lowest BCUT2D eigenvalue weighted by Crippen LogP contribution is -2.19. The Hall–Kier alpha value is -3.64. The fourth-order valence-corrected chi connectivity index (χ4v) is 4.10. The molecule has 1 N–H and O–H groups in total. The zero-order valence-electron chi connectivity index (χ0n) is 16.5. The van der Waals surface area contributed by atoms with E-state index in [1.165, 1.54) is 12.3 Å². The largest absolute Gasteiger partial charge is 0.461 e. The average molecular weight is 424 g/mol. The maximum atomic E-state index is 12.4. The Morgan fingerprint density at radius 2 is 2.03 bits per heavy atom. The second-order valence-corrected chi connectivity index (χ2v) is 8.06. The molecule has 2 aromatic carbocycles. The lowest BCUT2D eigenvalue weighted by Gasteiger charge is -2.06. The molecule has 3 rings (SSSR count). The van der Waals surface area contributed by atoms with Crippen LogP contribution in [0.25, 0.3) is 10.9 Å². The second-order valence-electron chi connectivity index (χ2n) is 6.43. The molecule has 30 heavy (non-hydrogen) atoms. The van der Waals surface area contributed by atoms with Gasteiger partial charge in [0, 0.05) is 10.9 Å². The number of benzene rings is 2. The van der Waals surface area contributed by atoms with Crippen molar-refractivity contribution in [2.75, 3.05) is 6.61 Å². The number of esters is 1. The van der Waals surface area contributed by atoms with Crippen molar-refractivity contribution in [1.82, 2.24) is 9.40 Å². The minimum Gasteiger partial charge on any atom is -0.461 e. The summed E-state index contributed by atoms with van der Waals surface area (Å²) in [4.78, 5) is 14.5. The highest BCUT2D eigenvalue weighted by Crippen LogP contribution is 2.22. The number of hydrazone groups is 1. The van der Waals surface area contributed by atoms with Gasteiger partial charge in [-0.1, -0.05) is 24.3 Å². The van der Waals surface area contributed by atoms with Crippen LogP contribution in [0.15, 0.2) is 58.5 Å². The summed E-state index contributed by atoms with van der Waals surface area (Å²) in [7, 11) is -3.78. The molecule has 0 aliphatic carbocycles. The zero-order chi connectivity index (χ0) is 21.7. The Bertz CT molecular complexity index is 1270. The van der Waals surface area contributed by atoms with Crippen LogP contribution in [-0.4, -0.2) is 31.8 Å². The van der Waals surface area contributed by atoms with Gasteiger partial charge in [0.05, 0.1) is 23.8 Å². The van der Waals surface area contributed by atoms with Crippen LogP contribution in [-0.2, 0) is 21.3 Å². The third kappa shape index (κ3) is 4.34. The fraction of sp³-hybridized carbons (Fsp3) is 0.190. The number of carbonyl (C=O) groups is 1. The van der Waals surface area contributed by atoms with Crippen molar-refractivity contribution in [2.24, 2.45) is 5.10 Å². The van der Waals surface area contributed by atoms with Crippen molar-refractivity contribution in [3.05, 3.63) is 65.4 Å². The standard InChI is InChI=1S/C21H20N4O4S/c1-3-29-21(26)19-13-17-12-16(8-9-18(17)25(19)11-10-22)14-23-24-30(27,28)20-7-5-4-6-15(20)2/h4-9,12-14,24H,3,11H2,1-2H3/b23-14+. The summed E-state index contributed by atoms with van der Waals surface area (Å²) in [6, 6.07) is 15.5. The lowest BCUT2D eigenvalue weighted by atomic mass is 10.2. The van der Waals surface area contributed by atoms with Gasteiger partial charge in [-0.05, 0) is 49.2 Å². The van der Waals surface area contributed by atoms with Gasteiger partial charge in [-0.15, -0.1) is 0 Å². The molecule has 154 valence electrons. The van der Waals surface area contributed by atoms with Gasteiger partial charge in [-0.3, -0.25) is 0 Å². The van der Waals surface area contributed by atoms with E-state index in [4.69, 9.17) is 10.00 Å². The molecule has 0 saturated carbocycles. The van der Waals surface area contributed by atoms with Crippen LogP contribution in [0, 0.1) is 18.3 Å². The van der Waals surface area contributed by atoms with E-state index in [1.807, 2.05) is 6.07 Å². The number of hydrogen-bond donors (Lipinski definition) is 1. The van der Waals surface area contributed by atoms with Crippen molar-refractivity contribution < 1.29 is 17.9 Å². The summed E-state index contributed by atoms with van der Waals surface area (Å²) in [5, 5.41) is 13.6. The van der Waals surface area contributed by atoms with Gasteiger partial charge in [-0.2, -0.15) is 18.8 Å². The van der Waals surface area contributed by atoms with E-state index in [0.29, 0.717) is 22.0 Å². The van der Waals surface area contributed by atoms with E-state index in [-0.39, 0.29) is 23.7 Å². The molecule has 0 radical (unpaired) electrons. The van der Waals surface area contributed by atoms with Crippen LogP contribution in [0.3, 0.4) is 0 Å². The third-order valence-electron chi connectivity index (χ3n) is 4.41. The number of carbonyl (C=O) groups excluding carboxylic acids is 1. The molecule has 0 spiro atoms. The molecule has 0 atom stereocenters. The lowest BCUT2D eigenvalue weighted by molar-refractivity contribution is 0.0515. The topological polar surface area (TPSA) is 114 Å². The molecule has 0 aliphatic rings. The van der Waals surface area contributed by atoms with Crippen molar-refractivity contribution in [3.63, 3.8) is 0 Å². The summed E-state index contributed by atoms with van der Waals surface area (Å²) in [5.74, 6) is -0.509. The quantitative estimate of drug-likeness (QED) is 0.356. The van der Waals surface area contributed by atoms with E-state index in [9.17, 15) is 13.2 Å². The Kier molecular flexibility index (Phi) is 6.18. The summed E-state index contributed by atoms with van der Waals surface area (Å²) in [5.41, 5.74) is 2.21. The van der Waals surface area contributed by atoms with E-state index in [0.717, 1.165) is 0 Å². The van der Waals surface area contributed by atoms with Crippen LogP contribution in [0.5, 0.6) is 0 Å². The Morgan fingerprint density at radius 1 is 1.27 bits per heavy atom. The van der Waals surface area contributed by atoms with Gasteiger partial charge in [-0.25, -0.2) is 9.63 Å². The number of hydrogen-bond acceptors (Lipinski definition) is 6. The maximum Gasteiger partial charge on any atom is 0.355 e. The smallest absolute Gasteiger partial charge is 0.355 e. The minimum absolute atomic E-state index is 0.00130. The van der Waals surface area contributed by atoms with Gasteiger partial charge >= 0.3 is 5.97 Å². The predicted octanol–water partition coefficient (Wildman–Crippen LogP) is 2.96. The molecule has 1 aromatic heterocycles. The van der Waals surface area contributed by atoms with Crippen LogP contribution in [0.1, 0.15) is 28.5 Å². The molecule has 0 bridgehead atoms.